The summed E-state index contributed by atoms with van der Waals surface area (Å²) in [7, 11) is 0. The van der Waals surface area contributed by atoms with Crippen LogP contribution in [0.5, 0.6) is 11.8 Å². The van der Waals surface area contributed by atoms with E-state index in [1.165, 1.54) is 12.8 Å². The molecule has 1 aromatic heterocycles. The van der Waals surface area contributed by atoms with Crippen LogP contribution in [-0.2, 0) is 4.74 Å². The summed E-state index contributed by atoms with van der Waals surface area (Å²) in [5.74, 6) is 1.21. The molecule has 4 fully saturated rings. The van der Waals surface area contributed by atoms with E-state index < -0.39 is 0 Å². The number of nitrogens with zero attached hydrogens (tertiary/aromatic N) is 3. The van der Waals surface area contributed by atoms with Crippen LogP contribution in [0.4, 0.5) is 0 Å². The van der Waals surface area contributed by atoms with Gasteiger partial charge in [0.2, 0.25) is 0 Å². The highest BCUT2D eigenvalue weighted by Gasteiger charge is 2.40. The largest absolute Gasteiger partial charge is 0.425 e. The van der Waals surface area contributed by atoms with Crippen molar-refractivity contribution in [2.45, 2.75) is 38.1 Å². The van der Waals surface area contributed by atoms with Crippen molar-refractivity contribution in [2.75, 3.05) is 32.8 Å². The third kappa shape index (κ3) is 3.82. The van der Waals surface area contributed by atoms with E-state index in [1.807, 2.05) is 35.0 Å². The molecule has 8 nitrogen and oxygen atoms in total. The van der Waals surface area contributed by atoms with Crippen LogP contribution in [0.25, 0.3) is 0 Å². The standard InChI is InChI=1S/C22H29N5O3/c1-15-20(16-6-10-26(15)11-7-16)25-21(28)17-2-4-18(5-3-17)30-22-24-8-12-27(22)19-14-23-9-13-29-19/h2-5,8,12,15-16,19-20,23H,6-7,9-11,13-14H2,1H3,(H,25,28)/t15-,19?,20-/m0/s1. The number of fused-ring (bicyclic) bond motifs is 3. The predicted octanol–water partition coefficient (Wildman–Crippen LogP) is 2.01. The first kappa shape index (κ1) is 19.5. The molecule has 0 saturated carbocycles. The van der Waals surface area contributed by atoms with Crippen LogP contribution in [0.15, 0.2) is 36.7 Å². The van der Waals surface area contributed by atoms with Crippen LogP contribution in [0.3, 0.4) is 0 Å². The number of morpholine rings is 1. The molecular weight excluding hydrogens is 382 g/mol. The van der Waals surface area contributed by atoms with E-state index >= 15 is 0 Å². The van der Waals surface area contributed by atoms with E-state index in [1.54, 1.807) is 6.20 Å². The number of carbonyl (C=O) groups is 1. The first-order valence-corrected chi connectivity index (χ1v) is 10.9. The molecule has 2 bridgehead atoms. The quantitative estimate of drug-likeness (QED) is 0.784. The van der Waals surface area contributed by atoms with Gasteiger partial charge in [-0.1, -0.05) is 0 Å². The minimum atomic E-state index is -0.134. The van der Waals surface area contributed by atoms with E-state index in [0.717, 1.165) is 19.6 Å². The second-order valence-electron chi connectivity index (χ2n) is 8.39. The van der Waals surface area contributed by atoms with Gasteiger partial charge in [0.15, 0.2) is 6.23 Å². The van der Waals surface area contributed by atoms with Crippen molar-refractivity contribution in [3.8, 4) is 11.8 Å². The second-order valence-corrected chi connectivity index (χ2v) is 8.39. The second kappa shape index (κ2) is 8.37. The maximum Gasteiger partial charge on any atom is 0.304 e. The molecule has 8 heteroatoms. The Kier molecular flexibility index (Phi) is 5.45. The number of aromatic nitrogens is 2. The monoisotopic (exact) mass is 411 g/mol. The van der Waals surface area contributed by atoms with E-state index in [0.29, 0.717) is 42.4 Å². The normalized spacial score (nSPS) is 30.8. The molecule has 1 unspecified atom stereocenters. The number of rotatable bonds is 5. The highest BCUT2D eigenvalue weighted by Crippen LogP contribution is 2.32. The summed E-state index contributed by atoms with van der Waals surface area (Å²) in [5.41, 5.74) is 0.647. The van der Waals surface area contributed by atoms with Gasteiger partial charge in [-0.25, -0.2) is 4.98 Å². The van der Waals surface area contributed by atoms with Crippen LogP contribution in [0.2, 0.25) is 0 Å². The number of carbonyl (C=O) groups excluding carboxylic acids is 1. The van der Waals surface area contributed by atoms with Gasteiger partial charge in [-0.05, 0) is 63.0 Å². The van der Waals surface area contributed by atoms with Crippen LogP contribution in [0, 0.1) is 5.92 Å². The highest BCUT2D eigenvalue weighted by atomic mass is 16.5. The molecule has 0 radical (unpaired) electrons. The Balaban J connectivity index is 1.23. The molecule has 1 amide bonds. The number of hydrogen-bond acceptors (Lipinski definition) is 6. The van der Waals surface area contributed by atoms with Gasteiger partial charge in [0.25, 0.3) is 5.91 Å². The number of piperidine rings is 3. The van der Waals surface area contributed by atoms with Crippen molar-refractivity contribution in [1.29, 1.82) is 0 Å². The van der Waals surface area contributed by atoms with Crippen molar-refractivity contribution < 1.29 is 14.3 Å². The Morgan fingerprint density at radius 3 is 2.77 bits per heavy atom. The van der Waals surface area contributed by atoms with Gasteiger partial charge < -0.3 is 20.1 Å². The molecule has 0 aliphatic carbocycles. The van der Waals surface area contributed by atoms with Gasteiger partial charge in [-0.2, -0.15) is 0 Å². The number of amides is 1. The third-order valence-electron chi connectivity index (χ3n) is 6.65. The van der Waals surface area contributed by atoms with Crippen molar-refractivity contribution in [3.63, 3.8) is 0 Å². The number of benzene rings is 1. The Labute approximate surface area is 176 Å². The molecule has 6 rings (SSSR count). The summed E-state index contributed by atoms with van der Waals surface area (Å²) in [6, 6.07) is 8.35. The highest BCUT2D eigenvalue weighted by molar-refractivity contribution is 5.94. The average Bonchev–Trinajstić information content (AvgIpc) is 3.25. The molecule has 2 N–H and O–H groups in total. The van der Waals surface area contributed by atoms with Crippen molar-refractivity contribution in [3.05, 3.63) is 42.2 Å². The van der Waals surface area contributed by atoms with Gasteiger partial charge >= 0.3 is 6.01 Å². The SMILES string of the molecule is C[C@H]1[C@H](NC(=O)c2ccc(Oc3nccn3C3CNCCO3)cc2)C2CCN1CC2. The van der Waals surface area contributed by atoms with Crippen molar-refractivity contribution >= 4 is 5.91 Å². The predicted molar refractivity (Wildman–Crippen MR) is 112 cm³/mol. The fraction of sp³-hybridized carbons (Fsp3) is 0.545. The molecule has 3 atom stereocenters. The van der Waals surface area contributed by atoms with E-state index in [-0.39, 0.29) is 18.2 Å². The molecule has 5 heterocycles. The van der Waals surface area contributed by atoms with Crippen molar-refractivity contribution in [1.82, 2.24) is 25.1 Å². The molecule has 4 aliphatic heterocycles. The summed E-state index contributed by atoms with van der Waals surface area (Å²) in [6.07, 6.45) is 5.77. The van der Waals surface area contributed by atoms with Crippen LogP contribution < -0.4 is 15.4 Å². The first-order chi connectivity index (χ1) is 14.7. The smallest absolute Gasteiger partial charge is 0.304 e. The Morgan fingerprint density at radius 2 is 2.07 bits per heavy atom. The molecular formula is C22H29N5O3. The lowest BCUT2D eigenvalue weighted by molar-refractivity contribution is -0.0227. The van der Waals surface area contributed by atoms with Crippen LogP contribution in [-0.4, -0.2) is 65.2 Å². The summed E-state index contributed by atoms with van der Waals surface area (Å²) >= 11 is 0. The molecule has 2 aromatic rings. The fourth-order valence-electron chi connectivity index (χ4n) is 4.89. The third-order valence-corrected chi connectivity index (χ3v) is 6.65. The van der Waals surface area contributed by atoms with E-state index in [9.17, 15) is 4.79 Å². The zero-order valence-electron chi connectivity index (χ0n) is 17.3. The van der Waals surface area contributed by atoms with Crippen LogP contribution in [0.1, 0.15) is 36.4 Å². The Morgan fingerprint density at radius 1 is 1.27 bits per heavy atom. The molecule has 4 saturated heterocycles. The van der Waals surface area contributed by atoms with Crippen molar-refractivity contribution in [2.24, 2.45) is 5.92 Å². The van der Waals surface area contributed by atoms with Gasteiger partial charge in [-0.15, -0.1) is 0 Å². The van der Waals surface area contributed by atoms with Gasteiger partial charge in [-0.3, -0.25) is 14.3 Å². The Hall–Kier alpha value is -2.42. The zero-order valence-corrected chi connectivity index (χ0v) is 17.3. The van der Waals surface area contributed by atoms with Gasteiger partial charge in [0, 0.05) is 43.1 Å². The molecule has 4 aliphatic rings. The lowest BCUT2D eigenvalue weighted by atomic mass is 9.79. The zero-order chi connectivity index (χ0) is 20.5. The summed E-state index contributed by atoms with van der Waals surface area (Å²) in [5, 5.41) is 6.58. The fourth-order valence-corrected chi connectivity index (χ4v) is 4.89. The summed E-state index contributed by atoms with van der Waals surface area (Å²) in [6.45, 7) is 6.75. The number of imidazole rings is 1. The lowest BCUT2D eigenvalue weighted by Gasteiger charge is -2.49. The average molecular weight is 412 g/mol. The van der Waals surface area contributed by atoms with Gasteiger partial charge in [0.05, 0.1) is 6.61 Å². The Bertz CT molecular complexity index is 867. The molecule has 160 valence electrons. The number of hydrogen-bond donors (Lipinski definition) is 2. The van der Waals surface area contributed by atoms with E-state index in [2.05, 4.69) is 27.4 Å². The number of nitrogens with one attached hydrogen (secondary N) is 2. The minimum absolute atomic E-state index is 0.0182. The lowest BCUT2D eigenvalue weighted by Crippen LogP contribution is -2.62. The van der Waals surface area contributed by atoms with E-state index in [4.69, 9.17) is 9.47 Å². The molecule has 1 aromatic carbocycles. The first-order valence-electron chi connectivity index (χ1n) is 10.9. The number of ether oxygens (including phenoxy) is 2. The topological polar surface area (TPSA) is 80.6 Å². The maximum atomic E-state index is 12.8. The maximum absolute atomic E-state index is 12.8. The summed E-state index contributed by atoms with van der Waals surface area (Å²) in [4.78, 5) is 19.6. The summed E-state index contributed by atoms with van der Waals surface area (Å²) < 4.78 is 13.6. The van der Waals surface area contributed by atoms with Gasteiger partial charge in [0.1, 0.15) is 5.75 Å². The minimum Gasteiger partial charge on any atom is -0.425 e. The van der Waals surface area contributed by atoms with Crippen LogP contribution >= 0.6 is 0 Å². The molecule has 30 heavy (non-hydrogen) atoms. The molecule has 0 spiro atoms.